The molecule has 1 atom stereocenters. The lowest BCUT2D eigenvalue weighted by molar-refractivity contribution is -0.135. The predicted octanol–water partition coefficient (Wildman–Crippen LogP) is 5.40. The first-order chi connectivity index (χ1) is 28.8. The maximum Gasteiger partial charge on any atom is 0.329 e. The number of hydrogen-bond acceptors (Lipinski definition) is 11. The summed E-state index contributed by atoms with van der Waals surface area (Å²) < 4.78 is 32.4. The van der Waals surface area contributed by atoms with Gasteiger partial charge in [0, 0.05) is 62.1 Å². The van der Waals surface area contributed by atoms with E-state index in [1.165, 1.54) is 4.57 Å². The molecule has 15 nitrogen and oxygen atoms in total. The molecule has 2 saturated carbocycles. The zero-order valence-electron chi connectivity index (χ0n) is 34.1. The summed E-state index contributed by atoms with van der Waals surface area (Å²) in [5.41, 5.74) is 3.82. The van der Waals surface area contributed by atoms with Gasteiger partial charge in [-0.05, 0) is 119 Å². The van der Waals surface area contributed by atoms with Gasteiger partial charge in [0.1, 0.15) is 16.7 Å². The Kier molecular flexibility index (Phi) is 10.6. The molecule has 60 heavy (non-hydrogen) atoms. The van der Waals surface area contributed by atoms with Crippen LogP contribution in [0.3, 0.4) is 0 Å². The molecule has 3 aromatic heterocycles. The molecule has 2 saturated heterocycles. The summed E-state index contributed by atoms with van der Waals surface area (Å²) in [7, 11) is 0.231. The maximum atomic E-state index is 13.8. The minimum atomic E-state index is -3.53. The van der Waals surface area contributed by atoms with E-state index in [-0.39, 0.29) is 40.7 Å². The van der Waals surface area contributed by atoms with Gasteiger partial charge in [-0.25, -0.2) is 18.2 Å². The highest BCUT2D eigenvalue weighted by Crippen LogP contribution is 2.38. The maximum absolute atomic E-state index is 13.8. The Hall–Kier alpha value is -5.06. The quantitative estimate of drug-likeness (QED) is 0.172. The number of halogens is 1. The first-order valence-electron chi connectivity index (χ1n) is 21.0. The third-order valence-corrected chi connectivity index (χ3v) is 15.9. The number of carbonyl (C=O) groups is 2. The van der Waals surface area contributed by atoms with E-state index in [2.05, 4.69) is 32.5 Å². The summed E-state index contributed by atoms with van der Waals surface area (Å²) in [6.07, 6.45) is 9.28. The highest BCUT2D eigenvalue weighted by Gasteiger charge is 2.43. The molecule has 0 radical (unpaired) electrons. The van der Waals surface area contributed by atoms with Crippen LogP contribution in [0.5, 0.6) is 0 Å². The van der Waals surface area contributed by atoms with Crippen LogP contribution in [0.4, 0.5) is 17.3 Å². The van der Waals surface area contributed by atoms with Crippen LogP contribution >= 0.6 is 11.6 Å². The highest BCUT2D eigenvalue weighted by molar-refractivity contribution is 7.92. The number of aromatic nitrogens is 5. The van der Waals surface area contributed by atoms with Crippen LogP contribution in [-0.2, 0) is 26.5 Å². The molecule has 17 heteroatoms. The van der Waals surface area contributed by atoms with Gasteiger partial charge in [-0.3, -0.25) is 33.4 Å². The Morgan fingerprint density at radius 2 is 1.67 bits per heavy atom. The number of anilines is 3. The number of hydrogen-bond donors (Lipinski definition) is 2. The predicted molar refractivity (Wildman–Crippen MR) is 231 cm³/mol. The fourth-order valence-corrected chi connectivity index (χ4v) is 12.0. The van der Waals surface area contributed by atoms with Gasteiger partial charge in [-0.1, -0.05) is 24.4 Å². The molecule has 0 spiro atoms. The lowest BCUT2D eigenvalue weighted by Gasteiger charge is -2.45. The smallest absolute Gasteiger partial charge is 0.329 e. The number of imidazole rings is 1. The fourth-order valence-electron chi connectivity index (χ4n) is 9.82. The first kappa shape index (κ1) is 40.4. The number of pyridine rings is 1. The molecule has 2 amide bonds. The van der Waals surface area contributed by atoms with Gasteiger partial charge in [-0.15, -0.1) is 0 Å². The lowest BCUT2D eigenvalue weighted by atomic mass is 9.87. The van der Waals surface area contributed by atoms with E-state index >= 15 is 0 Å². The molecule has 1 unspecified atom stereocenters. The summed E-state index contributed by atoms with van der Waals surface area (Å²) in [4.78, 5) is 64.8. The number of sulfone groups is 1. The number of likely N-dealkylation sites (tertiary alicyclic amines) is 1. The zero-order chi connectivity index (χ0) is 42.0. The van der Waals surface area contributed by atoms with Crippen LogP contribution < -0.4 is 26.8 Å². The van der Waals surface area contributed by atoms with Gasteiger partial charge in [0.25, 0.3) is 5.56 Å². The number of fused-ring (bicyclic) bond motifs is 2. The highest BCUT2D eigenvalue weighted by atomic mass is 35.5. The van der Waals surface area contributed by atoms with Crippen molar-refractivity contribution in [3.8, 4) is 0 Å². The molecule has 0 bridgehead atoms. The minimum Gasteiger partial charge on any atom is -0.374 e. The van der Waals surface area contributed by atoms with Crippen molar-refractivity contribution in [2.24, 2.45) is 13.0 Å². The van der Waals surface area contributed by atoms with E-state index in [9.17, 15) is 27.6 Å². The van der Waals surface area contributed by atoms with Gasteiger partial charge in [0.15, 0.2) is 9.84 Å². The van der Waals surface area contributed by atoms with Crippen molar-refractivity contribution in [1.82, 2.24) is 33.9 Å². The number of carbonyl (C=O) groups excluding carboxylic acids is 2. The number of amides is 2. The molecule has 2 aliphatic heterocycles. The molecule has 4 aliphatic rings. The Bertz CT molecular complexity index is 2760. The number of nitrogens with zero attached hydrogens (tertiary/aromatic N) is 7. The van der Waals surface area contributed by atoms with Gasteiger partial charge >= 0.3 is 5.69 Å². The van der Waals surface area contributed by atoms with Gasteiger partial charge in [0.05, 0.1) is 21.2 Å². The summed E-state index contributed by atoms with van der Waals surface area (Å²) in [5, 5.41) is 6.02. The summed E-state index contributed by atoms with van der Waals surface area (Å²) in [6.45, 7) is 4.54. The summed E-state index contributed by atoms with van der Waals surface area (Å²) in [6, 6.07) is 12.2. The van der Waals surface area contributed by atoms with Gasteiger partial charge in [0.2, 0.25) is 17.8 Å². The van der Waals surface area contributed by atoms with Crippen molar-refractivity contribution in [1.29, 1.82) is 0 Å². The molecule has 2 aliphatic carbocycles. The van der Waals surface area contributed by atoms with Gasteiger partial charge < -0.3 is 15.1 Å². The fraction of sp³-hybridized carbons (Fsp3) is 0.488. The Balaban J connectivity index is 0.793. The van der Waals surface area contributed by atoms with Crippen LogP contribution in [0.25, 0.3) is 22.1 Å². The van der Waals surface area contributed by atoms with Crippen molar-refractivity contribution < 1.29 is 18.0 Å². The van der Waals surface area contributed by atoms with Crippen molar-refractivity contribution in [2.75, 3.05) is 36.9 Å². The first-order valence-corrected chi connectivity index (χ1v) is 22.9. The molecule has 2 aromatic carbocycles. The average molecular weight is 856 g/mol. The largest absolute Gasteiger partial charge is 0.374 e. The number of piperidine rings is 2. The molecule has 5 heterocycles. The van der Waals surface area contributed by atoms with E-state index in [1.54, 1.807) is 46.6 Å². The Morgan fingerprint density at radius 3 is 2.38 bits per heavy atom. The third-order valence-electron chi connectivity index (χ3n) is 13.4. The normalized spacial score (nSPS) is 22.0. The van der Waals surface area contributed by atoms with Crippen LogP contribution in [0, 0.1) is 12.8 Å². The summed E-state index contributed by atoms with van der Waals surface area (Å²) in [5.74, 6) is 0.0183. The Morgan fingerprint density at radius 1 is 0.917 bits per heavy atom. The molecule has 316 valence electrons. The standard InChI is InChI=1S/C43H50ClN9O6S/c1-25-18-31(9-10-34(25)46-42-45-23-27-19-33(44)41(56)52(39(27)48-42)28-6-4-5-7-28)60(58,59)32-20-30(21-32)51-16-14-26(15-17-51)24-49(2)29-8-11-35-37(22-29)50(3)43(57)53(35)36-12-13-38(54)47-40(36)55/h8-11,18-19,22-23,26,28,30,32,36H,4-7,12-17,20-21,24H2,1-3H3,(H,45,46,48)(H,47,54,55). The number of aryl methyl sites for hydroxylation is 2. The van der Waals surface area contributed by atoms with Crippen molar-refractivity contribution in [2.45, 2.75) is 99.4 Å². The van der Waals surface area contributed by atoms with Crippen molar-refractivity contribution >= 4 is 72.6 Å². The lowest BCUT2D eigenvalue weighted by Crippen LogP contribution is -2.52. The zero-order valence-corrected chi connectivity index (χ0v) is 35.6. The molecule has 4 fully saturated rings. The Labute approximate surface area is 352 Å². The second-order valence-electron chi connectivity index (χ2n) is 17.2. The SMILES string of the molecule is Cc1cc(S(=O)(=O)C2CC(N3CCC(CN(C)c4ccc5c(c4)n(C)c(=O)n5C4CCC(=O)NC4=O)CC3)C2)ccc1Nc1ncc2cc(Cl)c(=O)n(C3CCCC3)c2n1. The third kappa shape index (κ3) is 7.29. The van der Waals surface area contributed by atoms with E-state index < -0.39 is 27.0 Å². The molecular weight excluding hydrogens is 806 g/mol. The molecule has 5 aromatic rings. The second kappa shape index (κ2) is 15.8. The van der Waals surface area contributed by atoms with E-state index in [0.29, 0.717) is 58.3 Å². The van der Waals surface area contributed by atoms with Gasteiger partial charge in [-0.2, -0.15) is 4.98 Å². The average Bonchev–Trinajstić information content (AvgIpc) is 3.82. The van der Waals surface area contributed by atoms with E-state index in [4.69, 9.17) is 16.6 Å². The van der Waals surface area contributed by atoms with Crippen LogP contribution in [0.1, 0.15) is 81.9 Å². The second-order valence-corrected chi connectivity index (χ2v) is 19.8. The number of imide groups is 1. The van der Waals surface area contributed by atoms with Crippen LogP contribution in [-0.4, -0.2) is 86.8 Å². The summed E-state index contributed by atoms with van der Waals surface area (Å²) >= 11 is 6.30. The molecule has 2 N–H and O–H groups in total. The molecular formula is C43H50ClN9O6S. The van der Waals surface area contributed by atoms with Crippen LogP contribution in [0.2, 0.25) is 5.02 Å². The topological polar surface area (TPSA) is 174 Å². The van der Waals surface area contributed by atoms with E-state index in [0.717, 1.165) is 74.9 Å². The van der Waals surface area contributed by atoms with Crippen LogP contribution in [0.15, 0.2) is 63.1 Å². The van der Waals surface area contributed by atoms with E-state index in [1.807, 2.05) is 25.1 Å². The van der Waals surface area contributed by atoms with Crippen molar-refractivity contribution in [3.05, 3.63) is 80.1 Å². The van der Waals surface area contributed by atoms with Crippen molar-refractivity contribution in [3.63, 3.8) is 0 Å². The molecule has 9 rings (SSSR count). The number of nitrogens with one attached hydrogen (secondary N) is 2. The minimum absolute atomic E-state index is 0.0445. The number of benzene rings is 2. The number of rotatable bonds is 10. The monoisotopic (exact) mass is 855 g/mol.